The van der Waals surface area contributed by atoms with E-state index < -0.39 is 29.4 Å². The number of phenols is 1. The number of phenolic OH excluding ortho intramolecular Hbond substituents is 1. The van der Waals surface area contributed by atoms with Gasteiger partial charge >= 0.3 is 11.9 Å². The minimum absolute atomic E-state index is 0.164. The number of carboxylic acid groups (broad SMARTS) is 2. The summed E-state index contributed by atoms with van der Waals surface area (Å²) in [6.45, 7) is 0. The summed E-state index contributed by atoms with van der Waals surface area (Å²) in [5.74, 6) is -5.91. The Morgan fingerprint density at radius 2 is 1.87 bits per heavy atom. The number of benzene rings is 1. The summed E-state index contributed by atoms with van der Waals surface area (Å²) in [5, 5.41) is 46.0. The van der Waals surface area contributed by atoms with Gasteiger partial charge in [0.05, 0.1) is 7.11 Å². The zero-order chi connectivity index (χ0) is 17.8. The van der Waals surface area contributed by atoms with Gasteiger partial charge in [0.25, 0.3) is 5.60 Å². The number of carboxylic acids is 2. The molecule has 0 amide bonds. The van der Waals surface area contributed by atoms with E-state index in [0.717, 1.165) is 6.08 Å². The fourth-order valence-electron chi connectivity index (χ4n) is 1.65. The zero-order valence-electron chi connectivity index (χ0n) is 11.8. The van der Waals surface area contributed by atoms with Crippen LogP contribution in [-0.2, 0) is 14.4 Å². The Labute approximate surface area is 129 Å². The fraction of sp³-hybridized carbons (Fsp3) is 0.214. The van der Waals surface area contributed by atoms with E-state index in [2.05, 4.69) is 0 Å². The van der Waals surface area contributed by atoms with Crippen LogP contribution >= 0.6 is 0 Å². The molecule has 0 radical (unpaired) electrons. The molecule has 0 fully saturated rings. The van der Waals surface area contributed by atoms with Crippen molar-refractivity contribution in [3.63, 3.8) is 0 Å². The standard InChI is InChI=1S/C14H14O9/c1-23-9-4-2-7(6-8(9)15)3-5-10(16)14(22,13(20)21)11(17)12(18)19/h2-6,11,15,17,22H,1H3,(H,18,19)(H,20,21). The van der Waals surface area contributed by atoms with Gasteiger partial charge in [0.2, 0.25) is 5.78 Å². The largest absolute Gasteiger partial charge is 0.504 e. The highest BCUT2D eigenvalue weighted by Crippen LogP contribution is 2.27. The van der Waals surface area contributed by atoms with Crippen LogP contribution in [0.5, 0.6) is 11.5 Å². The SMILES string of the molecule is COc1ccc(C=CC(=O)C(O)(C(=O)O)C(O)C(=O)O)cc1O. The molecule has 9 heteroatoms. The lowest BCUT2D eigenvalue weighted by atomic mass is 9.91. The summed E-state index contributed by atoms with van der Waals surface area (Å²) in [6, 6.07) is 3.97. The first-order valence-corrected chi connectivity index (χ1v) is 6.10. The summed E-state index contributed by atoms with van der Waals surface area (Å²) in [7, 11) is 1.33. The van der Waals surface area contributed by atoms with E-state index >= 15 is 0 Å². The van der Waals surface area contributed by atoms with Gasteiger partial charge in [-0.3, -0.25) is 4.79 Å². The molecule has 1 aromatic carbocycles. The summed E-state index contributed by atoms with van der Waals surface area (Å²) < 4.78 is 4.81. The van der Waals surface area contributed by atoms with Crippen LogP contribution in [0, 0.1) is 0 Å². The minimum atomic E-state index is -3.53. The maximum absolute atomic E-state index is 11.8. The van der Waals surface area contributed by atoms with Crippen molar-refractivity contribution in [3.05, 3.63) is 29.8 Å². The molecule has 9 nitrogen and oxygen atoms in total. The Morgan fingerprint density at radius 1 is 1.26 bits per heavy atom. The number of rotatable bonds is 7. The summed E-state index contributed by atoms with van der Waals surface area (Å²) in [4.78, 5) is 33.4. The molecular formula is C14H14O9. The maximum Gasteiger partial charge on any atom is 0.347 e. The molecule has 23 heavy (non-hydrogen) atoms. The van der Waals surface area contributed by atoms with Gasteiger partial charge in [-0.1, -0.05) is 12.1 Å². The number of aliphatic carboxylic acids is 2. The highest BCUT2D eigenvalue weighted by atomic mass is 16.5. The Hall–Kier alpha value is -2.91. The van der Waals surface area contributed by atoms with Crippen molar-refractivity contribution in [2.45, 2.75) is 11.7 Å². The van der Waals surface area contributed by atoms with Crippen LogP contribution in [0.15, 0.2) is 24.3 Å². The third-order valence-corrected chi connectivity index (χ3v) is 2.96. The third kappa shape index (κ3) is 3.65. The summed E-state index contributed by atoms with van der Waals surface area (Å²) in [5.41, 5.74) is -3.29. The van der Waals surface area contributed by atoms with Crippen LogP contribution in [0.2, 0.25) is 0 Å². The molecule has 1 aromatic rings. The van der Waals surface area contributed by atoms with E-state index in [4.69, 9.17) is 14.9 Å². The molecular weight excluding hydrogens is 312 g/mol. The first-order chi connectivity index (χ1) is 10.6. The first kappa shape index (κ1) is 18.1. The molecule has 5 N–H and O–H groups in total. The molecule has 0 aromatic heterocycles. The van der Waals surface area contributed by atoms with Gasteiger partial charge < -0.3 is 30.3 Å². The Kier molecular flexibility index (Phi) is 5.44. The van der Waals surface area contributed by atoms with Crippen molar-refractivity contribution in [3.8, 4) is 11.5 Å². The van der Waals surface area contributed by atoms with E-state index in [-0.39, 0.29) is 17.1 Å². The van der Waals surface area contributed by atoms with Crippen LogP contribution in [0.4, 0.5) is 0 Å². The maximum atomic E-state index is 11.8. The van der Waals surface area contributed by atoms with Gasteiger partial charge in [-0.2, -0.15) is 0 Å². The van der Waals surface area contributed by atoms with Gasteiger partial charge in [-0.25, -0.2) is 9.59 Å². The van der Waals surface area contributed by atoms with Crippen LogP contribution in [0.3, 0.4) is 0 Å². The van der Waals surface area contributed by atoms with Gasteiger partial charge in [0, 0.05) is 0 Å². The number of carbonyl (C=O) groups is 3. The lowest BCUT2D eigenvalue weighted by Gasteiger charge is -2.22. The third-order valence-electron chi connectivity index (χ3n) is 2.96. The Morgan fingerprint density at radius 3 is 2.30 bits per heavy atom. The average Bonchev–Trinajstić information content (AvgIpc) is 2.50. The second-order valence-electron chi connectivity index (χ2n) is 4.44. The highest BCUT2D eigenvalue weighted by molar-refractivity contribution is 6.16. The van der Waals surface area contributed by atoms with E-state index in [0.29, 0.717) is 6.08 Å². The summed E-state index contributed by atoms with van der Waals surface area (Å²) >= 11 is 0. The van der Waals surface area contributed by atoms with E-state index in [9.17, 15) is 29.7 Å². The molecule has 124 valence electrons. The van der Waals surface area contributed by atoms with Crippen molar-refractivity contribution in [2.24, 2.45) is 0 Å². The van der Waals surface area contributed by atoms with Crippen molar-refractivity contribution >= 4 is 23.8 Å². The number of hydrogen-bond acceptors (Lipinski definition) is 7. The number of methoxy groups -OCH3 is 1. The average molecular weight is 326 g/mol. The molecule has 0 bridgehead atoms. The second kappa shape index (κ2) is 6.90. The number of ether oxygens (including phenoxy) is 1. The van der Waals surface area contributed by atoms with Crippen LogP contribution in [-0.4, -0.2) is 62.1 Å². The molecule has 1 rings (SSSR count). The minimum Gasteiger partial charge on any atom is -0.504 e. The quantitative estimate of drug-likeness (QED) is 0.320. The number of carbonyl (C=O) groups excluding carboxylic acids is 1. The number of aliphatic hydroxyl groups excluding tert-OH is 1. The first-order valence-electron chi connectivity index (χ1n) is 6.10. The normalized spacial score (nSPS) is 14.9. The number of aromatic hydroxyl groups is 1. The van der Waals surface area contributed by atoms with Crippen LogP contribution in [0.1, 0.15) is 5.56 Å². The summed E-state index contributed by atoms with van der Waals surface area (Å²) in [6.07, 6.45) is -1.23. The molecule has 0 aliphatic heterocycles. The zero-order valence-corrected chi connectivity index (χ0v) is 11.8. The van der Waals surface area contributed by atoms with Crippen LogP contribution < -0.4 is 4.74 Å². The molecule has 0 saturated heterocycles. The molecule has 2 unspecified atom stereocenters. The number of ketones is 1. The van der Waals surface area contributed by atoms with E-state index in [1.165, 1.54) is 25.3 Å². The fourth-order valence-corrected chi connectivity index (χ4v) is 1.65. The van der Waals surface area contributed by atoms with Crippen molar-refractivity contribution in [2.75, 3.05) is 7.11 Å². The van der Waals surface area contributed by atoms with Gasteiger partial charge in [-0.15, -0.1) is 0 Å². The highest BCUT2D eigenvalue weighted by Gasteiger charge is 2.53. The van der Waals surface area contributed by atoms with Gasteiger partial charge in [0.15, 0.2) is 17.6 Å². The smallest absolute Gasteiger partial charge is 0.347 e. The Balaban J connectivity index is 3.10. The molecule has 0 heterocycles. The van der Waals surface area contributed by atoms with Crippen molar-refractivity contribution in [1.82, 2.24) is 0 Å². The van der Waals surface area contributed by atoms with E-state index in [1.54, 1.807) is 0 Å². The molecule has 0 saturated carbocycles. The van der Waals surface area contributed by atoms with Crippen molar-refractivity contribution in [1.29, 1.82) is 0 Å². The molecule has 2 atom stereocenters. The van der Waals surface area contributed by atoms with Gasteiger partial charge in [0.1, 0.15) is 0 Å². The monoisotopic (exact) mass is 326 g/mol. The van der Waals surface area contributed by atoms with E-state index in [1.807, 2.05) is 0 Å². The van der Waals surface area contributed by atoms with Gasteiger partial charge in [-0.05, 0) is 23.8 Å². The topological polar surface area (TPSA) is 162 Å². The number of aliphatic hydroxyl groups is 2. The predicted molar refractivity (Wildman–Crippen MR) is 74.9 cm³/mol. The second-order valence-corrected chi connectivity index (χ2v) is 4.44. The lowest BCUT2D eigenvalue weighted by Crippen LogP contribution is -2.58. The molecule has 0 aliphatic rings. The van der Waals surface area contributed by atoms with Crippen LogP contribution in [0.25, 0.3) is 6.08 Å². The number of hydrogen-bond donors (Lipinski definition) is 5. The Bertz CT molecular complexity index is 664. The molecule has 0 spiro atoms. The molecule has 0 aliphatic carbocycles. The lowest BCUT2D eigenvalue weighted by molar-refractivity contribution is -0.184. The van der Waals surface area contributed by atoms with Crippen molar-refractivity contribution < 1.29 is 44.7 Å². The predicted octanol–water partition coefficient (Wildman–Crippen LogP) is -0.756.